The average molecular weight is 621 g/mol. The Morgan fingerprint density at radius 1 is 0.786 bits per heavy atom. The highest BCUT2D eigenvalue weighted by molar-refractivity contribution is 7.47. The first kappa shape index (κ1) is 41.2. The van der Waals surface area contributed by atoms with Crippen molar-refractivity contribution in [3.63, 3.8) is 0 Å². The van der Waals surface area contributed by atoms with Crippen LogP contribution in [-0.2, 0) is 18.4 Å². The van der Waals surface area contributed by atoms with Crippen molar-refractivity contribution in [3.8, 4) is 0 Å². The summed E-state index contributed by atoms with van der Waals surface area (Å²) in [6.45, 7) is 3.96. The second-order valence-corrected chi connectivity index (χ2v) is 13.0. The molecule has 0 saturated carbocycles. The topological polar surface area (TPSA) is 151 Å². The lowest BCUT2D eigenvalue weighted by Crippen LogP contribution is -2.47. The summed E-state index contributed by atoms with van der Waals surface area (Å²) in [5.41, 5.74) is 5.32. The third-order valence-corrected chi connectivity index (χ3v) is 8.41. The fourth-order valence-electron chi connectivity index (χ4n) is 4.83. The van der Waals surface area contributed by atoms with Gasteiger partial charge in [-0.15, -0.1) is 0 Å². The van der Waals surface area contributed by atoms with Gasteiger partial charge in [-0.2, -0.15) is 0 Å². The Labute approximate surface area is 257 Å². The van der Waals surface area contributed by atoms with Crippen molar-refractivity contribution >= 4 is 13.7 Å². The first-order valence-electron chi connectivity index (χ1n) is 16.9. The van der Waals surface area contributed by atoms with Crippen molar-refractivity contribution < 1.29 is 33.5 Å². The lowest BCUT2D eigenvalue weighted by atomic mass is 10.0. The molecule has 0 aromatic rings. The van der Waals surface area contributed by atoms with E-state index in [0.717, 1.165) is 38.5 Å². The number of nitrogens with two attached hydrogens (primary N) is 1. The van der Waals surface area contributed by atoms with Gasteiger partial charge in [-0.05, 0) is 38.5 Å². The zero-order valence-corrected chi connectivity index (χ0v) is 27.8. The van der Waals surface area contributed by atoms with Crippen LogP contribution in [0.2, 0.25) is 0 Å². The van der Waals surface area contributed by atoms with E-state index in [1.165, 1.54) is 77.0 Å². The van der Waals surface area contributed by atoms with E-state index in [1.54, 1.807) is 0 Å². The molecule has 0 fully saturated rings. The highest BCUT2D eigenvalue weighted by Crippen LogP contribution is 2.43. The molecule has 1 amide bonds. The molecular formula is C32H65N2O7P. The number of phosphoric acid groups is 1. The fourth-order valence-corrected chi connectivity index (χ4v) is 5.59. The van der Waals surface area contributed by atoms with Crippen LogP contribution < -0.4 is 11.1 Å². The van der Waals surface area contributed by atoms with Gasteiger partial charge in [0, 0.05) is 6.54 Å². The third kappa shape index (κ3) is 26.8. The summed E-state index contributed by atoms with van der Waals surface area (Å²) in [4.78, 5) is 22.5. The van der Waals surface area contributed by atoms with E-state index in [-0.39, 0.29) is 26.2 Å². The Balaban J connectivity index is 4.49. The maximum atomic E-state index is 12.7. The molecule has 0 bridgehead atoms. The quantitative estimate of drug-likeness (QED) is 0.0313. The van der Waals surface area contributed by atoms with Gasteiger partial charge >= 0.3 is 7.82 Å². The standard InChI is InChI=1S/C32H65N2O7P/c1-3-5-7-9-11-13-14-16-17-19-21-23-29(35)27-32(37)34-30(28-41-42(38,39)40-26-25-33)31(36)24-22-20-18-15-12-10-8-6-4-2/h16-17,29-31,35-36H,3-15,18-28,33H2,1-2H3,(H,34,37)(H,38,39)/b17-16-. The van der Waals surface area contributed by atoms with E-state index in [2.05, 4.69) is 31.3 Å². The third-order valence-electron chi connectivity index (χ3n) is 7.42. The number of unbranched alkanes of at least 4 members (excludes halogenated alkanes) is 15. The number of amides is 1. The molecule has 0 aromatic carbocycles. The summed E-state index contributed by atoms with van der Waals surface area (Å²) in [6, 6.07) is -0.898. The number of hydrogen-bond acceptors (Lipinski definition) is 7. The molecular weight excluding hydrogens is 555 g/mol. The van der Waals surface area contributed by atoms with Gasteiger partial charge in [-0.1, -0.05) is 116 Å². The minimum absolute atomic E-state index is 0.0576. The predicted octanol–water partition coefficient (Wildman–Crippen LogP) is 7.07. The van der Waals surface area contributed by atoms with E-state index >= 15 is 0 Å². The summed E-state index contributed by atoms with van der Waals surface area (Å²) >= 11 is 0. The molecule has 42 heavy (non-hydrogen) atoms. The monoisotopic (exact) mass is 620 g/mol. The van der Waals surface area contributed by atoms with Crippen molar-refractivity contribution in [2.45, 2.75) is 167 Å². The molecule has 0 radical (unpaired) electrons. The van der Waals surface area contributed by atoms with Crippen molar-refractivity contribution in [3.05, 3.63) is 12.2 Å². The van der Waals surface area contributed by atoms with Crippen molar-refractivity contribution in [1.29, 1.82) is 0 Å². The second-order valence-electron chi connectivity index (χ2n) is 11.6. The van der Waals surface area contributed by atoms with E-state index < -0.39 is 32.0 Å². The minimum Gasteiger partial charge on any atom is -0.393 e. The summed E-state index contributed by atoms with van der Waals surface area (Å²) in [6.07, 6.45) is 24.1. The molecule has 0 rings (SSSR count). The second kappa shape index (κ2) is 28.9. The van der Waals surface area contributed by atoms with Crippen LogP contribution in [0.25, 0.3) is 0 Å². The molecule has 10 heteroatoms. The number of hydrogen-bond donors (Lipinski definition) is 5. The predicted molar refractivity (Wildman–Crippen MR) is 172 cm³/mol. The Kier molecular flexibility index (Phi) is 28.4. The van der Waals surface area contributed by atoms with E-state index in [0.29, 0.717) is 12.8 Å². The van der Waals surface area contributed by atoms with E-state index in [4.69, 9.17) is 14.8 Å². The maximum absolute atomic E-state index is 12.7. The summed E-state index contributed by atoms with van der Waals surface area (Å²) in [7, 11) is -4.36. The molecule has 4 unspecified atom stereocenters. The molecule has 0 aliphatic carbocycles. The van der Waals surface area contributed by atoms with Crippen molar-refractivity contribution in [2.24, 2.45) is 5.73 Å². The van der Waals surface area contributed by atoms with Crippen LogP contribution in [0.4, 0.5) is 0 Å². The Hall–Kier alpha value is -0.800. The summed E-state index contributed by atoms with van der Waals surface area (Å²) < 4.78 is 21.9. The molecule has 6 N–H and O–H groups in total. The molecule has 4 atom stereocenters. The Morgan fingerprint density at radius 3 is 1.88 bits per heavy atom. The Morgan fingerprint density at radius 2 is 1.31 bits per heavy atom. The molecule has 0 aliphatic rings. The lowest BCUT2D eigenvalue weighted by Gasteiger charge is -2.25. The van der Waals surface area contributed by atoms with E-state index in [1.807, 2.05) is 0 Å². The summed E-state index contributed by atoms with van der Waals surface area (Å²) in [5.74, 6) is -0.434. The number of aliphatic hydroxyl groups is 2. The van der Waals surface area contributed by atoms with Crippen LogP contribution >= 0.6 is 7.82 Å². The largest absolute Gasteiger partial charge is 0.472 e. The van der Waals surface area contributed by atoms with E-state index in [9.17, 15) is 24.5 Å². The molecule has 0 saturated heterocycles. The Bertz CT molecular complexity index is 696. The van der Waals surface area contributed by atoms with Gasteiger partial charge in [0.2, 0.25) is 5.91 Å². The molecule has 0 aliphatic heterocycles. The number of allylic oxidation sites excluding steroid dienone is 2. The SMILES string of the molecule is CCCCCCCC/C=C\CCCC(O)CC(=O)NC(COP(=O)(O)OCCN)C(O)CCCCCCCCCCC. The van der Waals surface area contributed by atoms with Crippen LogP contribution in [0.15, 0.2) is 12.2 Å². The molecule has 0 spiro atoms. The molecule has 9 nitrogen and oxygen atoms in total. The summed E-state index contributed by atoms with van der Waals surface area (Å²) in [5, 5.41) is 23.9. The van der Waals surface area contributed by atoms with Gasteiger partial charge in [0.25, 0.3) is 0 Å². The van der Waals surface area contributed by atoms with Gasteiger partial charge in [-0.3, -0.25) is 13.8 Å². The molecule has 250 valence electrons. The van der Waals surface area contributed by atoms with Gasteiger partial charge in [0.1, 0.15) is 0 Å². The number of carbonyl (C=O) groups excluding carboxylic acids is 1. The van der Waals surface area contributed by atoms with Crippen LogP contribution in [0.1, 0.15) is 149 Å². The number of nitrogens with one attached hydrogen (secondary N) is 1. The number of carbonyl (C=O) groups is 1. The van der Waals surface area contributed by atoms with Crippen LogP contribution in [-0.4, -0.2) is 59.0 Å². The number of aliphatic hydroxyl groups excluding tert-OH is 2. The van der Waals surface area contributed by atoms with Crippen LogP contribution in [0.3, 0.4) is 0 Å². The highest BCUT2D eigenvalue weighted by atomic mass is 31.2. The normalized spacial score (nSPS) is 15.5. The van der Waals surface area contributed by atoms with Gasteiger partial charge in [0.15, 0.2) is 0 Å². The van der Waals surface area contributed by atoms with Crippen molar-refractivity contribution in [2.75, 3.05) is 19.8 Å². The molecule has 0 aromatic heterocycles. The van der Waals surface area contributed by atoms with Gasteiger partial charge in [-0.25, -0.2) is 4.57 Å². The average Bonchev–Trinajstić information content (AvgIpc) is 2.96. The lowest BCUT2D eigenvalue weighted by molar-refractivity contribution is -0.125. The smallest absolute Gasteiger partial charge is 0.393 e. The van der Waals surface area contributed by atoms with Crippen molar-refractivity contribution in [1.82, 2.24) is 5.32 Å². The minimum atomic E-state index is -4.36. The van der Waals surface area contributed by atoms with Gasteiger partial charge < -0.3 is 26.2 Å². The number of phosphoric ester groups is 1. The number of rotatable bonds is 31. The zero-order valence-electron chi connectivity index (χ0n) is 26.9. The van der Waals surface area contributed by atoms with Crippen LogP contribution in [0, 0.1) is 0 Å². The molecule has 0 heterocycles. The van der Waals surface area contributed by atoms with Crippen LogP contribution in [0.5, 0.6) is 0 Å². The van der Waals surface area contributed by atoms with Gasteiger partial charge in [0.05, 0.1) is 37.9 Å². The highest BCUT2D eigenvalue weighted by Gasteiger charge is 2.28. The maximum Gasteiger partial charge on any atom is 0.472 e. The first-order chi connectivity index (χ1) is 20.3. The fraction of sp³-hybridized carbons (Fsp3) is 0.906. The zero-order chi connectivity index (χ0) is 31.3. The first-order valence-corrected chi connectivity index (χ1v) is 18.4.